The van der Waals surface area contributed by atoms with Crippen molar-refractivity contribution < 1.29 is 4.79 Å². The zero-order chi connectivity index (χ0) is 14.2. The molecule has 2 rings (SSSR count). The highest BCUT2D eigenvalue weighted by atomic mass is 35.5. The van der Waals surface area contributed by atoms with Gasteiger partial charge in [-0.25, -0.2) is 0 Å². The minimum absolute atomic E-state index is 0.0154. The molecule has 1 fully saturated rings. The number of piperazine rings is 1. The molecule has 1 aromatic heterocycles. The summed E-state index contributed by atoms with van der Waals surface area (Å²) >= 11 is 6.15. The van der Waals surface area contributed by atoms with Crippen molar-refractivity contribution in [3.8, 4) is 0 Å². The lowest BCUT2D eigenvalue weighted by Gasteiger charge is -2.45. The number of hydrogen-bond donors (Lipinski definition) is 0. The number of aryl methyl sites for hydroxylation is 1. The highest BCUT2D eigenvalue weighted by Gasteiger charge is 2.34. The van der Waals surface area contributed by atoms with E-state index in [4.69, 9.17) is 11.6 Å². The maximum absolute atomic E-state index is 12.5. The molecule has 0 spiro atoms. The number of amides is 1. The number of carbonyl (C=O) groups excluding carboxylic acids is 1. The fourth-order valence-electron chi connectivity index (χ4n) is 2.27. The molecule has 2 heterocycles. The summed E-state index contributed by atoms with van der Waals surface area (Å²) in [7, 11) is 2.09. The molecule has 1 aliphatic rings. The lowest BCUT2D eigenvalue weighted by atomic mass is 9.99. The third kappa shape index (κ3) is 2.90. The van der Waals surface area contributed by atoms with Gasteiger partial charge in [0.25, 0.3) is 5.91 Å². The molecule has 0 unspecified atom stereocenters. The van der Waals surface area contributed by atoms with Gasteiger partial charge < -0.3 is 4.90 Å². The third-order valence-corrected chi connectivity index (χ3v) is 4.14. The molecule has 0 N–H and O–H groups in total. The first kappa shape index (κ1) is 14.3. The molecule has 1 saturated heterocycles. The molecule has 5 heteroatoms. The SMILES string of the molecule is Cc1cc(Cl)c(C(=O)N2CCN(C)C(C)(C)C2)cn1. The Kier molecular flexibility index (Phi) is 3.83. The lowest BCUT2D eigenvalue weighted by Crippen LogP contribution is -2.58. The molecule has 19 heavy (non-hydrogen) atoms. The Bertz CT molecular complexity index is 501. The lowest BCUT2D eigenvalue weighted by molar-refractivity contribution is 0.0311. The minimum atomic E-state index is -0.0290. The van der Waals surface area contributed by atoms with E-state index in [1.165, 1.54) is 0 Å². The number of aromatic nitrogens is 1. The van der Waals surface area contributed by atoms with Gasteiger partial charge in [-0.15, -0.1) is 0 Å². The standard InChI is InChI=1S/C14H20ClN3O/c1-10-7-12(15)11(8-16-10)13(19)18-6-5-17(4)14(2,3)9-18/h7-8H,5-6,9H2,1-4H3. The second kappa shape index (κ2) is 5.10. The van der Waals surface area contributed by atoms with Crippen molar-refractivity contribution >= 4 is 17.5 Å². The summed E-state index contributed by atoms with van der Waals surface area (Å²) in [6.45, 7) is 8.44. The van der Waals surface area contributed by atoms with Gasteiger partial charge in [0.2, 0.25) is 0 Å². The van der Waals surface area contributed by atoms with Crippen molar-refractivity contribution in [2.24, 2.45) is 0 Å². The van der Waals surface area contributed by atoms with E-state index in [-0.39, 0.29) is 11.4 Å². The summed E-state index contributed by atoms with van der Waals surface area (Å²) in [5.41, 5.74) is 1.30. The van der Waals surface area contributed by atoms with Crippen LogP contribution in [-0.4, -0.2) is 52.9 Å². The second-order valence-electron chi connectivity index (χ2n) is 5.77. The van der Waals surface area contributed by atoms with Crippen LogP contribution in [0.15, 0.2) is 12.3 Å². The smallest absolute Gasteiger partial charge is 0.257 e. The van der Waals surface area contributed by atoms with E-state index in [2.05, 4.69) is 30.8 Å². The molecule has 0 atom stereocenters. The van der Waals surface area contributed by atoms with Crippen molar-refractivity contribution in [3.05, 3.63) is 28.5 Å². The van der Waals surface area contributed by atoms with Crippen LogP contribution < -0.4 is 0 Å². The van der Waals surface area contributed by atoms with E-state index in [0.717, 1.165) is 18.8 Å². The minimum Gasteiger partial charge on any atom is -0.335 e. The molecule has 1 aromatic rings. The Morgan fingerprint density at radius 1 is 1.42 bits per heavy atom. The Hall–Kier alpha value is -1.13. The number of pyridine rings is 1. The van der Waals surface area contributed by atoms with Gasteiger partial charge in [-0.3, -0.25) is 14.7 Å². The summed E-state index contributed by atoms with van der Waals surface area (Å²) in [5, 5.41) is 0.481. The summed E-state index contributed by atoms with van der Waals surface area (Å²) in [5.74, 6) is -0.0290. The first-order valence-corrected chi connectivity index (χ1v) is 6.82. The molecular weight excluding hydrogens is 262 g/mol. The second-order valence-corrected chi connectivity index (χ2v) is 6.17. The largest absolute Gasteiger partial charge is 0.335 e. The molecule has 0 aromatic carbocycles. The summed E-state index contributed by atoms with van der Waals surface area (Å²) < 4.78 is 0. The zero-order valence-corrected chi connectivity index (χ0v) is 12.7. The van der Waals surface area contributed by atoms with Gasteiger partial charge in [0.15, 0.2) is 0 Å². The van der Waals surface area contributed by atoms with Crippen LogP contribution in [0, 0.1) is 6.92 Å². The Balaban J connectivity index is 2.21. The molecule has 1 amide bonds. The van der Waals surface area contributed by atoms with Crippen LogP contribution in [0.1, 0.15) is 29.9 Å². The van der Waals surface area contributed by atoms with Crippen LogP contribution in [0.25, 0.3) is 0 Å². The molecule has 0 saturated carbocycles. The van der Waals surface area contributed by atoms with Crippen molar-refractivity contribution in [1.82, 2.24) is 14.8 Å². The molecule has 4 nitrogen and oxygen atoms in total. The predicted molar refractivity (Wildman–Crippen MR) is 76.6 cm³/mol. The van der Waals surface area contributed by atoms with Gasteiger partial charge >= 0.3 is 0 Å². The third-order valence-electron chi connectivity index (χ3n) is 3.82. The van der Waals surface area contributed by atoms with E-state index < -0.39 is 0 Å². The first-order chi connectivity index (χ1) is 8.81. The number of nitrogens with zero attached hydrogens (tertiary/aromatic N) is 3. The van der Waals surface area contributed by atoms with Crippen LogP contribution in [0.4, 0.5) is 0 Å². The van der Waals surface area contributed by atoms with Gasteiger partial charge in [-0.05, 0) is 33.9 Å². The van der Waals surface area contributed by atoms with Crippen LogP contribution in [0.2, 0.25) is 5.02 Å². The number of hydrogen-bond acceptors (Lipinski definition) is 3. The molecule has 0 bridgehead atoms. The van der Waals surface area contributed by atoms with Crippen molar-refractivity contribution in [2.45, 2.75) is 26.3 Å². The molecule has 104 valence electrons. The van der Waals surface area contributed by atoms with Crippen LogP contribution in [-0.2, 0) is 0 Å². The average Bonchev–Trinajstić information content (AvgIpc) is 2.32. The van der Waals surface area contributed by atoms with E-state index >= 15 is 0 Å². The van der Waals surface area contributed by atoms with E-state index in [0.29, 0.717) is 17.1 Å². The van der Waals surface area contributed by atoms with Crippen molar-refractivity contribution in [3.63, 3.8) is 0 Å². The first-order valence-electron chi connectivity index (χ1n) is 6.44. The van der Waals surface area contributed by atoms with Gasteiger partial charge in [0.1, 0.15) is 0 Å². The van der Waals surface area contributed by atoms with Gasteiger partial charge in [0.05, 0.1) is 10.6 Å². The van der Waals surface area contributed by atoms with Crippen LogP contribution in [0.5, 0.6) is 0 Å². The monoisotopic (exact) mass is 281 g/mol. The fourth-order valence-corrected chi connectivity index (χ4v) is 2.56. The normalized spacial score (nSPS) is 19.5. The fraction of sp³-hybridized carbons (Fsp3) is 0.571. The topological polar surface area (TPSA) is 36.4 Å². The van der Waals surface area contributed by atoms with Crippen molar-refractivity contribution in [1.29, 1.82) is 0 Å². The highest BCUT2D eigenvalue weighted by Crippen LogP contribution is 2.23. The highest BCUT2D eigenvalue weighted by molar-refractivity contribution is 6.33. The van der Waals surface area contributed by atoms with Gasteiger partial charge in [-0.2, -0.15) is 0 Å². The summed E-state index contributed by atoms with van der Waals surface area (Å²) in [4.78, 5) is 20.8. The van der Waals surface area contributed by atoms with Crippen molar-refractivity contribution in [2.75, 3.05) is 26.7 Å². The maximum Gasteiger partial charge on any atom is 0.257 e. The number of carbonyl (C=O) groups is 1. The molecular formula is C14H20ClN3O. The number of halogens is 1. The molecule has 0 aliphatic carbocycles. The molecule has 0 radical (unpaired) electrons. The van der Waals surface area contributed by atoms with E-state index in [1.807, 2.05) is 11.8 Å². The van der Waals surface area contributed by atoms with Gasteiger partial charge in [0, 0.05) is 37.1 Å². The van der Waals surface area contributed by atoms with E-state index in [9.17, 15) is 4.79 Å². The zero-order valence-electron chi connectivity index (χ0n) is 11.9. The number of likely N-dealkylation sites (N-methyl/N-ethyl adjacent to an activating group) is 1. The Labute approximate surface area is 119 Å². The quantitative estimate of drug-likeness (QED) is 0.792. The summed E-state index contributed by atoms with van der Waals surface area (Å²) in [6, 6.07) is 1.73. The maximum atomic E-state index is 12.5. The predicted octanol–water partition coefficient (Wildman–Crippen LogP) is 2.21. The van der Waals surface area contributed by atoms with Crippen LogP contribution >= 0.6 is 11.6 Å². The van der Waals surface area contributed by atoms with Crippen LogP contribution in [0.3, 0.4) is 0 Å². The Morgan fingerprint density at radius 3 is 2.68 bits per heavy atom. The Morgan fingerprint density at radius 2 is 2.11 bits per heavy atom. The average molecular weight is 282 g/mol. The summed E-state index contributed by atoms with van der Waals surface area (Å²) in [6.07, 6.45) is 1.57. The molecule has 1 aliphatic heterocycles. The number of rotatable bonds is 1. The van der Waals surface area contributed by atoms with E-state index in [1.54, 1.807) is 12.3 Å². The van der Waals surface area contributed by atoms with Gasteiger partial charge in [-0.1, -0.05) is 11.6 Å².